The maximum Gasteiger partial charge on any atom is 0.191 e. The summed E-state index contributed by atoms with van der Waals surface area (Å²) in [6, 6.07) is 15.9. The lowest BCUT2D eigenvalue weighted by atomic mass is 10.1. The summed E-state index contributed by atoms with van der Waals surface area (Å²) in [4.78, 5) is 4.75. The Kier molecular flexibility index (Phi) is 6.72. The largest absolute Gasteiger partial charge is 0.497 e. The summed E-state index contributed by atoms with van der Waals surface area (Å²) in [5.74, 6) is 2.55. The van der Waals surface area contributed by atoms with Crippen molar-refractivity contribution in [3.8, 4) is 16.3 Å². The third-order valence-corrected chi connectivity index (χ3v) is 6.89. The Morgan fingerprint density at radius 2 is 1.90 bits per heavy atom. The molecule has 0 saturated carbocycles. The van der Waals surface area contributed by atoms with E-state index in [1.54, 1.807) is 30.2 Å². The molecule has 0 aliphatic heterocycles. The van der Waals surface area contributed by atoms with Crippen LogP contribution in [-0.4, -0.2) is 26.9 Å². The fourth-order valence-corrected chi connectivity index (χ4v) is 5.23. The van der Waals surface area contributed by atoms with Gasteiger partial charge in [0.2, 0.25) is 0 Å². The Bertz CT molecular complexity index is 1120. The molecule has 0 unspecified atom stereocenters. The molecule has 2 heterocycles. The molecule has 4 rings (SSSR count). The third-order valence-electron chi connectivity index (χ3n) is 4.64. The number of nitrogens with zero attached hydrogens (tertiary/aromatic N) is 4. The quantitative estimate of drug-likeness (QED) is 0.306. The van der Waals surface area contributed by atoms with Crippen molar-refractivity contribution in [1.82, 2.24) is 19.7 Å². The standard InChI is InChI=1S/C22H21ClN4OS2/c1-3-27-20(12-15-8-10-17(28-2)11-9-15)25-26-22(27)30-14-16-13-29-21(24-16)18-6-4-5-7-19(18)23/h4-11,13H,3,12,14H2,1-2H3. The molecular formula is C22H21ClN4OS2. The highest BCUT2D eigenvalue weighted by Crippen LogP contribution is 2.32. The van der Waals surface area contributed by atoms with Gasteiger partial charge >= 0.3 is 0 Å². The van der Waals surface area contributed by atoms with E-state index < -0.39 is 0 Å². The van der Waals surface area contributed by atoms with Crippen LogP contribution in [0.25, 0.3) is 10.6 Å². The highest BCUT2D eigenvalue weighted by Gasteiger charge is 2.14. The van der Waals surface area contributed by atoms with Gasteiger partial charge in [0.05, 0.1) is 17.8 Å². The lowest BCUT2D eigenvalue weighted by Crippen LogP contribution is -2.04. The molecule has 0 radical (unpaired) electrons. The van der Waals surface area contributed by atoms with Gasteiger partial charge in [-0.1, -0.05) is 53.7 Å². The van der Waals surface area contributed by atoms with Crippen molar-refractivity contribution in [2.24, 2.45) is 0 Å². The zero-order valence-corrected chi connectivity index (χ0v) is 19.1. The zero-order valence-electron chi connectivity index (χ0n) is 16.7. The molecule has 8 heteroatoms. The Labute approximate surface area is 189 Å². The van der Waals surface area contributed by atoms with Crippen LogP contribution in [0.2, 0.25) is 5.02 Å². The number of benzene rings is 2. The Morgan fingerprint density at radius 3 is 2.63 bits per heavy atom. The molecule has 0 fully saturated rings. The van der Waals surface area contributed by atoms with Gasteiger partial charge in [0.15, 0.2) is 5.16 Å². The van der Waals surface area contributed by atoms with Crippen molar-refractivity contribution in [2.75, 3.05) is 7.11 Å². The number of hydrogen-bond donors (Lipinski definition) is 0. The van der Waals surface area contributed by atoms with E-state index in [1.165, 1.54) is 5.56 Å². The Hall–Kier alpha value is -2.35. The van der Waals surface area contributed by atoms with Gasteiger partial charge in [0.25, 0.3) is 0 Å². The molecule has 0 N–H and O–H groups in total. The van der Waals surface area contributed by atoms with Crippen LogP contribution in [0.15, 0.2) is 59.1 Å². The molecule has 0 bridgehead atoms. The van der Waals surface area contributed by atoms with E-state index in [2.05, 4.69) is 39.2 Å². The first-order valence-corrected chi connectivity index (χ1v) is 11.8. The summed E-state index contributed by atoms with van der Waals surface area (Å²) < 4.78 is 7.39. The van der Waals surface area contributed by atoms with Gasteiger partial charge in [0, 0.05) is 29.7 Å². The number of thioether (sulfide) groups is 1. The van der Waals surface area contributed by atoms with Crippen LogP contribution in [0.1, 0.15) is 24.0 Å². The van der Waals surface area contributed by atoms with Crippen LogP contribution in [0.5, 0.6) is 5.75 Å². The highest BCUT2D eigenvalue weighted by molar-refractivity contribution is 7.98. The van der Waals surface area contributed by atoms with Crippen molar-refractivity contribution in [3.05, 3.63) is 76.0 Å². The van der Waals surface area contributed by atoms with E-state index in [4.69, 9.17) is 21.3 Å². The predicted molar refractivity (Wildman–Crippen MR) is 124 cm³/mol. The number of hydrogen-bond acceptors (Lipinski definition) is 6. The van der Waals surface area contributed by atoms with E-state index in [-0.39, 0.29) is 0 Å². The third kappa shape index (κ3) is 4.69. The SMILES string of the molecule is CCn1c(Cc2ccc(OC)cc2)nnc1SCc1csc(-c2ccccc2Cl)n1. The molecule has 2 aromatic carbocycles. The number of ether oxygens (including phenoxy) is 1. The summed E-state index contributed by atoms with van der Waals surface area (Å²) in [7, 11) is 1.67. The fourth-order valence-electron chi connectivity index (χ4n) is 3.07. The van der Waals surface area contributed by atoms with Gasteiger partial charge in [-0.2, -0.15) is 0 Å². The number of thiazole rings is 1. The number of halogens is 1. The van der Waals surface area contributed by atoms with Gasteiger partial charge in [-0.15, -0.1) is 21.5 Å². The molecule has 2 aromatic heterocycles. The minimum Gasteiger partial charge on any atom is -0.497 e. The molecule has 5 nitrogen and oxygen atoms in total. The van der Waals surface area contributed by atoms with Gasteiger partial charge < -0.3 is 9.30 Å². The van der Waals surface area contributed by atoms with E-state index in [0.29, 0.717) is 0 Å². The van der Waals surface area contributed by atoms with Crippen LogP contribution in [0, 0.1) is 0 Å². The molecule has 0 saturated heterocycles. The Morgan fingerprint density at radius 1 is 1.10 bits per heavy atom. The number of aromatic nitrogens is 4. The minimum absolute atomic E-state index is 0.722. The first-order chi connectivity index (χ1) is 14.7. The van der Waals surface area contributed by atoms with Gasteiger partial charge in [-0.25, -0.2) is 4.98 Å². The molecule has 4 aromatic rings. The minimum atomic E-state index is 0.722. The van der Waals surface area contributed by atoms with Crippen molar-refractivity contribution >= 4 is 34.7 Å². The van der Waals surface area contributed by atoms with E-state index in [1.807, 2.05) is 36.4 Å². The molecule has 0 aliphatic rings. The lowest BCUT2D eigenvalue weighted by molar-refractivity contribution is 0.414. The summed E-state index contributed by atoms with van der Waals surface area (Å²) in [6.45, 7) is 2.94. The second-order valence-corrected chi connectivity index (χ2v) is 8.79. The smallest absolute Gasteiger partial charge is 0.191 e. The van der Waals surface area contributed by atoms with Crippen molar-refractivity contribution < 1.29 is 4.74 Å². The molecule has 0 atom stereocenters. The maximum absolute atomic E-state index is 6.30. The predicted octanol–water partition coefficient (Wildman–Crippen LogP) is 5.97. The average Bonchev–Trinajstić information content (AvgIpc) is 3.40. The molecule has 0 spiro atoms. The van der Waals surface area contributed by atoms with Gasteiger partial charge in [-0.05, 0) is 30.7 Å². The Balaban J connectivity index is 1.45. The zero-order chi connectivity index (χ0) is 20.9. The van der Waals surface area contributed by atoms with E-state index in [9.17, 15) is 0 Å². The molecule has 0 aliphatic carbocycles. The average molecular weight is 457 g/mol. The second kappa shape index (κ2) is 9.64. The molecule has 154 valence electrons. The first kappa shape index (κ1) is 20.9. The van der Waals surface area contributed by atoms with Crippen LogP contribution in [0.4, 0.5) is 0 Å². The second-order valence-electron chi connectivity index (χ2n) is 6.58. The topological polar surface area (TPSA) is 52.8 Å². The van der Waals surface area contributed by atoms with Crippen LogP contribution in [-0.2, 0) is 18.7 Å². The van der Waals surface area contributed by atoms with Crippen LogP contribution < -0.4 is 4.74 Å². The normalized spacial score (nSPS) is 11.0. The first-order valence-electron chi connectivity index (χ1n) is 9.55. The summed E-state index contributed by atoms with van der Waals surface area (Å²) in [6.07, 6.45) is 0.735. The maximum atomic E-state index is 6.30. The van der Waals surface area contributed by atoms with Crippen LogP contribution >= 0.6 is 34.7 Å². The van der Waals surface area contributed by atoms with E-state index in [0.717, 1.165) is 56.7 Å². The summed E-state index contributed by atoms with van der Waals surface area (Å²) >= 11 is 9.56. The lowest BCUT2D eigenvalue weighted by Gasteiger charge is -2.07. The summed E-state index contributed by atoms with van der Waals surface area (Å²) in [5, 5.41) is 13.5. The van der Waals surface area contributed by atoms with Crippen LogP contribution in [0.3, 0.4) is 0 Å². The van der Waals surface area contributed by atoms with Gasteiger partial charge in [0.1, 0.15) is 16.6 Å². The fraction of sp³-hybridized carbons (Fsp3) is 0.227. The van der Waals surface area contributed by atoms with Crippen molar-refractivity contribution in [1.29, 1.82) is 0 Å². The monoisotopic (exact) mass is 456 g/mol. The number of methoxy groups -OCH3 is 1. The number of rotatable bonds is 8. The molecule has 30 heavy (non-hydrogen) atoms. The highest BCUT2D eigenvalue weighted by atomic mass is 35.5. The van der Waals surface area contributed by atoms with Crippen molar-refractivity contribution in [3.63, 3.8) is 0 Å². The molecular weight excluding hydrogens is 436 g/mol. The van der Waals surface area contributed by atoms with E-state index >= 15 is 0 Å². The van der Waals surface area contributed by atoms with Crippen molar-refractivity contribution in [2.45, 2.75) is 30.8 Å². The van der Waals surface area contributed by atoms with Gasteiger partial charge in [-0.3, -0.25) is 0 Å². The summed E-state index contributed by atoms with van der Waals surface area (Å²) in [5.41, 5.74) is 3.17. The molecule has 0 amide bonds.